The summed E-state index contributed by atoms with van der Waals surface area (Å²) in [6.07, 6.45) is 1.29. The molecule has 0 radical (unpaired) electrons. The summed E-state index contributed by atoms with van der Waals surface area (Å²) in [5.74, 6) is -0.340. The summed E-state index contributed by atoms with van der Waals surface area (Å²) in [5, 5.41) is 1.89. The summed E-state index contributed by atoms with van der Waals surface area (Å²) in [6.45, 7) is 3.85. The molecule has 2 amide bonds. The van der Waals surface area contributed by atoms with Crippen molar-refractivity contribution >= 4 is 39.1 Å². The summed E-state index contributed by atoms with van der Waals surface area (Å²) in [7, 11) is 0. The van der Waals surface area contributed by atoms with E-state index in [9.17, 15) is 14.0 Å². The molecule has 27 heavy (non-hydrogen) atoms. The third-order valence-corrected chi connectivity index (χ3v) is 6.28. The van der Waals surface area contributed by atoms with Crippen molar-refractivity contribution in [1.82, 2.24) is 9.80 Å². The zero-order chi connectivity index (χ0) is 19.4. The molecule has 1 aromatic carbocycles. The van der Waals surface area contributed by atoms with Gasteiger partial charge in [-0.25, -0.2) is 4.39 Å². The number of rotatable bonds is 5. The van der Waals surface area contributed by atoms with Crippen LogP contribution in [0.1, 0.15) is 35.0 Å². The van der Waals surface area contributed by atoms with Gasteiger partial charge >= 0.3 is 0 Å². The van der Waals surface area contributed by atoms with Crippen LogP contribution in [0.15, 0.2) is 40.2 Å². The van der Waals surface area contributed by atoms with Crippen LogP contribution in [0, 0.1) is 11.7 Å². The molecule has 2 heterocycles. The van der Waals surface area contributed by atoms with Gasteiger partial charge in [-0.3, -0.25) is 9.59 Å². The maximum atomic E-state index is 14.0. The molecular formula is C20H22BrFN2O2S. The van der Waals surface area contributed by atoms with Gasteiger partial charge in [0.2, 0.25) is 5.91 Å². The van der Waals surface area contributed by atoms with E-state index in [4.69, 9.17) is 0 Å². The van der Waals surface area contributed by atoms with Crippen molar-refractivity contribution < 1.29 is 14.0 Å². The standard InChI is InChI=1S/C20H22BrFN2O2S/c1-2-23(13-15-12-16(21)5-6-17(15)22)19(25)14-7-9-24(10-8-14)20(26)18-4-3-11-27-18/h3-6,11-12,14H,2,7-10,13H2,1H3. The van der Waals surface area contributed by atoms with Gasteiger partial charge < -0.3 is 9.80 Å². The molecule has 2 aromatic rings. The van der Waals surface area contributed by atoms with Crippen LogP contribution in [0.4, 0.5) is 4.39 Å². The molecule has 144 valence electrons. The molecule has 1 aliphatic heterocycles. The summed E-state index contributed by atoms with van der Waals surface area (Å²) < 4.78 is 14.8. The zero-order valence-corrected chi connectivity index (χ0v) is 17.6. The summed E-state index contributed by atoms with van der Waals surface area (Å²) in [6, 6.07) is 8.47. The number of thiophene rings is 1. The number of likely N-dealkylation sites (tertiary alicyclic amines) is 1. The van der Waals surface area contributed by atoms with Crippen molar-refractivity contribution in [1.29, 1.82) is 0 Å². The van der Waals surface area contributed by atoms with E-state index in [1.54, 1.807) is 17.0 Å². The number of carbonyl (C=O) groups is 2. The summed E-state index contributed by atoms with van der Waals surface area (Å²) in [5.41, 5.74) is 0.505. The van der Waals surface area contributed by atoms with Gasteiger partial charge in [0.1, 0.15) is 5.82 Å². The fourth-order valence-electron chi connectivity index (χ4n) is 3.36. The van der Waals surface area contributed by atoms with E-state index < -0.39 is 0 Å². The lowest BCUT2D eigenvalue weighted by molar-refractivity contribution is -0.137. The summed E-state index contributed by atoms with van der Waals surface area (Å²) >= 11 is 4.79. The molecule has 4 nitrogen and oxygen atoms in total. The minimum absolute atomic E-state index is 0.0412. The smallest absolute Gasteiger partial charge is 0.263 e. The Hall–Kier alpha value is -1.73. The number of halogens is 2. The predicted octanol–water partition coefficient (Wildman–Crippen LogP) is 4.55. The number of piperidine rings is 1. The van der Waals surface area contributed by atoms with Crippen LogP contribution in [0.5, 0.6) is 0 Å². The molecule has 0 unspecified atom stereocenters. The number of benzene rings is 1. The minimum Gasteiger partial charge on any atom is -0.338 e. The first-order valence-electron chi connectivity index (χ1n) is 9.05. The fourth-order valence-corrected chi connectivity index (χ4v) is 4.46. The Morgan fingerprint density at radius 1 is 1.30 bits per heavy atom. The Morgan fingerprint density at radius 2 is 2.04 bits per heavy atom. The first-order chi connectivity index (χ1) is 13.0. The van der Waals surface area contributed by atoms with Gasteiger partial charge in [0.25, 0.3) is 5.91 Å². The van der Waals surface area contributed by atoms with Gasteiger partial charge in [0.05, 0.1) is 4.88 Å². The molecule has 1 aliphatic rings. The lowest BCUT2D eigenvalue weighted by Crippen LogP contribution is -2.44. The monoisotopic (exact) mass is 452 g/mol. The van der Waals surface area contributed by atoms with Crippen LogP contribution in [-0.4, -0.2) is 41.2 Å². The van der Waals surface area contributed by atoms with Crippen LogP contribution >= 0.6 is 27.3 Å². The highest BCUT2D eigenvalue weighted by Gasteiger charge is 2.30. The second-order valence-electron chi connectivity index (χ2n) is 6.63. The molecule has 1 fully saturated rings. The normalized spacial score (nSPS) is 15.0. The topological polar surface area (TPSA) is 40.6 Å². The van der Waals surface area contributed by atoms with Crippen molar-refractivity contribution in [2.45, 2.75) is 26.3 Å². The van der Waals surface area contributed by atoms with Crippen molar-refractivity contribution in [2.24, 2.45) is 5.92 Å². The number of nitrogens with zero attached hydrogens (tertiary/aromatic N) is 2. The van der Waals surface area contributed by atoms with E-state index in [-0.39, 0.29) is 30.1 Å². The highest BCUT2D eigenvalue weighted by molar-refractivity contribution is 9.10. The SMILES string of the molecule is CCN(Cc1cc(Br)ccc1F)C(=O)C1CCN(C(=O)c2cccs2)CC1. The second kappa shape index (κ2) is 8.97. The third-order valence-electron chi connectivity index (χ3n) is 4.93. The highest BCUT2D eigenvalue weighted by Crippen LogP contribution is 2.24. The molecule has 0 spiro atoms. The van der Waals surface area contributed by atoms with Crippen molar-refractivity contribution in [3.8, 4) is 0 Å². The van der Waals surface area contributed by atoms with Crippen LogP contribution in [0.3, 0.4) is 0 Å². The average Bonchev–Trinajstić information content (AvgIpc) is 3.22. The second-order valence-corrected chi connectivity index (χ2v) is 8.50. The van der Waals surface area contributed by atoms with E-state index in [1.807, 2.05) is 29.3 Å². The molecule has 0 saturated carbocycles. The third kappa shape index (κ3) is 4.76. The zero-order valence-electron chi connectivity index (χ0n) is 15.2. The number of carbonyl (C=O) groups excluding carboxylic acids is 2. The Kier molecular flexibility index (Phi) is 6.65. The molecule has 1 saturated heterocycles. The van der Waals surface area contributed by atoms with Gasteiger partial charge in [-0.2, -0.15) is 0 Å². The first kappa shape index (κ1) is 20.0. The first-order valence-corrected chi connectivity index (χ1v) is 10.7. The van der Waals surface area contributed by atoms with Crippen LogP contribution < -0.4 is 0 Å². The molecule has 3 rings (SSSR count). The van der Waals surface area contributed by atoms with E-state index >= 15 is 0 Å². The number of hydrogen-bond acceptors (Lipinski definition) is 3. The summed E-state index contributed by atoms with van der Waals surface area (Å²) in [4.78, 5) is 29.6. The van der Waals surface area contributed by atoms with Crippen molar-refractivity contribution in [3.05, 3.63) is 56.4 Å². The maximum absolute atomic E-state index is 14.0. The van der Waals surface area contributed by atoms with Gasteiger partial charge in [-0.15, -0.1) is 11.3 Å². The fraction of sp³-hybridized carbons (Fsp3) is 0.400. The van der Waals surface area contributed by atoms with E-state index in [2.05, 4.69) is 15.9 Å². The Balaban J connectivity index is 1.60. The largest absolute Gasteiger partial charge is 0.338 e. The molecular weight excluding hydrogens is 431 g/mol. The van der Waals surface area contributed by atoms with Gasteiger partial charge in [-0.05, 0) is 49.4 Å². The van der Waals surface area contributed by atoms with Crippen molar-refractivity contribution in [3.63, 3.8) is 0 Å². The number of hydrogen-bond donors (Lipinski definition) is 0. The molecule has 0 atom stereocenters. The Bertz CT molecular complexity index is 804. The van der Waals surface area contributed by atoms with Gasteiger partial charge in [-0.1, -0.05) is 22.0 Å². The molecule has 0 aliphatic carbocycles. The van der Waals surface area contributed by atoms with E-state index in [1.165, 1.54) is 17.4 Å². The lowest BCUT2D eigenvalue weighted by atomic mass is 9.95. The molecule has 1 aromatic heterocycles. The Morgan fingerprint density at radius 3 is 2.67 bits per heavy atom. The number of amides is 2. The van der Waals surface area contributed by atoms with E-state index in [0.717, 1.165) is 9.35 Å². The molecule has 0 N–H and O–H groups in total. The quantitative estimate of drug-likeness (QED) is 0.667. The van der Waals surface area contributed by atoms with Crippen LogP contribution in [-0.2, 0) is 11.3 Å². The van der Waals surface area contributed by atoms with Crippen LogP contribution in [0.2, 0.25) is 0 Å². The van der Waals surface area contributed by atoms with Gasteiger partial charge in [0, 0.05) is 42.1 Å². The highest BCUT2D eigenvalue weighted by atomic mass is 79.9. The lowest BCUT2D eigenvalue weighted by Gasteiger charge is -2.34. The average molecular weight is 453 g/mol. The molecule has 0 bridgehead atoms. The van der Waals surface area contributed by atoms with Crippen molar-refractivity contribution in [2.75, 3.05) is 19.6 Å². The van der Waals surface area contributed by atoms with Crippen LogP contribution in [0.25, 0.3) is 0 Å². The maximum Gasteiger partial charge on any atom is 0.263 e. The minimum atomic E-state index is -0.305. The molecule has 7 heteroatoms. The van der Waals surface area contributed by atoms with E-state index in [0.29, 0.717) is 38.0 Å². The Labute approximate surface area is 171 Å². The van der Waals surface area contributed by atoms with Gasteiger partial charge in [0.15, 0.2) is 0 Å². The predicted molar refractivity (Wildman–Crippen MR) is 108 cm³/mol.